The second kappa shape index (κ2) is 4.30. The zero-order valence-corrected chi connectivity index (χ0v) is 11.6. The van der Waals surface area contributed by atoms with E-state index in [0.29, 0.717) is 6.04 Å². The van der Waals surface area contributed by atoms with Crippen molar-refractivity contribution in [2.24, 2.45) is 0 Å². The molecule has 4 heteroatoms. The Morgan fingerprint density at radius 3 is 2.63 bits per heavy atom. The van der Waals surface area contributed by atoms with Gasteiger partial charge in [0.25, 0.3) is 0 Å². The van der Waals surface area contributed by atoms with Crippen molar-refractivity contribution in [2.75, 3.05) is 12.8 Å². The molecule has 0 atom stereocenters. The summed E-state index contributed by atoms with van der Waals surface area (Å²) in [6, 6.07) is 6.62. The van der Waals surface area contributed by atoms with Crippen LogP contribution in [0.4, 0.5) is 5.82 Å². The first-order chi connectivity index (χ1) is 9.11. The van der Waals surface area contributed by atoms with E-state index >= 15 is 0 Å². The third-order valence-corrected chi connectivity index (χ3v) is 3.70. The summed E-state index contributed by atoms with van der Waals surface area (Å²) in [6.45, 7) is 4.05. The molecule has 100 valence electrons. The van der Waals surface area contributed by atoms with Gasteiger partial charge >= 0.3 is 0 Å². The van der Waals surface area contributed by atoms with Crippen molar-refractivity contribution in [2.45, 2.75) is 32.7 Å². The fourth-order valence-electron chi connectivity index (χ4n) is 2.59. The lowest BCUT2D eigenvalue weighted by molar-refractivity contribution is 0.412. The number of nitrogen functional groups attached to an aromatic ring is 1. The topological polar surface area (TPSA) is 53.1 Å². The molecule has 1 fully saturated rings. The maximum Gasteiger partial charge on any atom is 0.131 e. The van der Waals surface area contributed by atoms with Gasteiger partial charge in [0.15, 0.2) is 0 Å². The Morgan fingerprint density at radius 2 is 2.05 bits per heavy atom. The van der Waals surface area contributed by atoms with Gasteiger partial charge in [-0.3, -0.25) is 0 Å². The highest BCUT2D eigenvalue weighted by atomic mass is 16.5. The van der Waals surface area contributed by atoms with Gasteiger partial charge in [-0.25, -0.2) is 4.98 Å². The number of hydrogen-bond acceptors (Lipinski definition) is 3. The van der Waals surface area contributed by atoms with E-state index in [9.17, 15) is 0 Å². The molecule has 1 heterocycles. The van der Waals surface area contributed by atoms with Gasteiger partial charge in [-0.05, 0) is 50.5 Å². The molecule has 3 rings (SSSR count). The first kappa shape index (κ1) is 12.1. The minimum absolute atomic E-state index is 0.556. The number of aryl methyl sites for hydroxylation is 2. The second-order valence-electron chi connectivity index (χ2n) is 5.18. The normalized spacial score (nSPS) is 14.7. The number of methoxy groups -OCH3 is 1. The number of benzene rings is 1. The van der Waals surface area contributed by atoms with Crippen LogP contribution >= 0.6 is 0 Å². The van der Waals surface area contributed by atoms with Gasteiger partial charge < -0.3 is 15.0 Å². The zero-order valence-electron chi connectivity index (χ0n) is 11.6. The third kappa shape index (κ3) is 1.97. The van der Waals surface area contributed by atoms with Gasteiger partial charge in [-0.15, -0.1) is 0 Å². The van der Waals surface area contributed by atoms with Crippen molar-refractivity contribution in [1.82, 2.24) is 9.55 Å². The summed E-state index contributed by atoms with van der Waals surface area (Å²) in [5.41, 5.74) is 9.30. The molecule has 0 spiro atoms. The number of nitrogens with two attached hydrogens (primary N) is 1. The van der Waals surface area contributed by atoms with Gasteiger partial charge in [-0.1, -0.05) is 0 Å². The molecule has 0 unspecified atom stereocenters. The molecule has 1 aliphatic carbocycles. The van der Waals surface area contributed by atoms with E-state index < -0.39 is 0 Å². The highest BCUT2D eigenvalue weighted by Crippen LogP contribution is 2.41. The van der Waals surface area contributed by atoms with Crippen LogP contribution in [0.3, 0.4) is 0 Å². The first-order valence-corrected chi connectivity index (χ1v) is 6.61. The first-order valence-electron chi connectivity index (χ1n) is 6.61. The van der Waals surface area contributed by atoms with Gasteiger partial charge in [0.1, 0.15) is 23.1 Å². The minimum atomic E-state index is 0.556. The van der Waals surface area contributed by atoms with Crippen LogP contribution in [0.25, 0.3) is 11.3 Å². The van der Waals surface area contributed by atoms with Crippen molar-refractivity contribution in [3.8, 4) is 17.0 Å². The maximum absolute atomic E-state index is 6.27. The molecular formula is C15H19N3O. The van der Waals surface area contributed by atoms with E-state index in [1.54, 1.807) is 7.11 Å². The van der Waals surface area contributed by atoms with Crippen molar-refractivity contribution >= 4 is 5.82 Å². The number of nitrogens with zero attached hydrogens (tertiary/aromatic N) is 2. The Bertz CT molecular complexity index is 627. The van der Waals surface area contributed by atoms with Crippen molar-refractivity contribution in [3.63, 3.8) is 0 Å². The molecule has 4 nitrogen and oxygen atoms in total. The summed E-state index contributed by atoms with van der Waals surface area (Å²) in [6.07, 6.45) is 2.42. The number of aromatic nitrogens is 2. The van der Waals surface area contributed by atoms with Crippen molar-refractivity contribution < 1.29 is 4.74 Å². The summed E-state index contributed by atoms with van der Waals surface area (Å²) in [5, 5.41) is 0. The molecule has 1 aromatic heterocycles. The summed E-state index contributed by atoms with van der Waals surface area (Å²) in [5.74, 6) is 2.67. The Kier molecular flexibility index (Phi) is 2.73. The highest BCUT2D eigenvalue weighted by Gasteiger charge is 2.28. The van der Waals surface area contributed by atoms with Crippen molar-refractivity contribution in [1.29, 1.82) is 0 Å². The molecule has 1 saturated carbocycles. The van der Waals surface area contributed by atoms with E-state index in [-0.39, 0.29) is 0 Å². The molecular weight excluding hydrogens is 238 g/mol. The van der Waals surface area contributed by atoms with Crippen LogP contribution in [0, 0.1) is 13.8 Å². The summed E-state index contributed by atoms with van der Waals surface area (Å²) in [4.78, 5) is 4.64. The lowest BCUT2D eigenvalue weighted by Crippen LogP contribution is -2.02. The zero-order chi connectivity index (χ0) is 13.6. The van der Waals surface area contributed by atoms with E-state index in [1.165, 1.54) is 12.8 Å². The SMILES string of the molecule is COc1ccc(-c2nc(C)n(C3CC3)c2N)cc1C. The van der Waals surface area contributed by atoms with E-state index in [4.69, 9.17) is 10.5 Å². The van der Waals surface area contributed by atoms with Crippen LogP contribution in [0.15, 0.2) is 18.2 Å². The number of imidazole rings is 1. The molecule has 2 N–H and O–H groups in total. The number of hydrogen-bond donors (Lipinski definition) is 1. The van der Waals surface area contributed by atoms with E-state index in [2.05, 4.69) is 15.6 Å². The summed E-state index contributed by atoms with van der Waals surface area (Å²) >= 11 is 0. The molecule has 0 amide bonds. The van der Waals surface area contributed by atoms with Crippen LogP contribution in [0.5, 0.6) is 5.75 Å². The fourth-order valence-corrected chi connectivity index (χ4v) is 2.59. The Balaban J connectivity index is 2.07. The van der Waals surface area contributed by atoms with Crippen LogP contribution in [-0.2, 0) is 0 Å². The molecule has 1 aromatic carbocycles. The van der Waals surface area contributed by atoms with Crippen LogP contribution in [0.1, 0.15) is 30.3 Å². The molecule has 0 radical (unpaired) electrons. The van der Waals surface area contributed by atoms with Gasteiger partial charge in [0.05, 0.1) is 7.11 Å². The molecule has 1 aliphatic rings. The van der Waals surface area contributed by atoms with E-state index in [1.807, 2.05) is 26.0 Å². The summed E-state index contributed by atoms with van der Waals surface area (Å²) in [7, 11) is 1.68. The standard InChI is InChI=1S/C15H19N3O/c1-9-8-11(4-7-13(9)19-3)14-15(16)18(10(2)17-14)12-5-6-12/h4,7-8,12H,5-6,16H2,1-3H3. The number of ether oxygens (including phenoxy) is 1. The highest BCUT2D eigenvalue weighted by molar-refractivity contribution is 5.72. The molecule has 2 aromatic rings. The van der Waals surface area contributed by atoms with Gasteiger partial charge in [0.2, 0.25) is 0 Å². The van der Waals surface area contributed by atoms with Crippen LogP contribution in [0.2, 0.25) is 0 Å². The second-order valence-corrected chi connectivity index (χ2v) is 5.18. The third-order valence-electron chi connectivity index (χ3n) is 3.70. The molecule has 19 heavy (non-hydrogen) atoms. The minimum Gasteiger partial charge on any atom is -0.496 e. The van der Waals surface area contributed by atoms with E-state index in [0.717, 1.165) is 34.2 Å². The lowest BCUT2D eigenvalue weighted by Gasteiger charge is -2.07. The molecule has 0 aliphatic heterocycles. The summed E-state index contributed by atoms with van der Waals surface area (Å²) < 4.78 is 7.45. The largest absolute Gasteiger partial charge is 0.496 e. The predicted molar refractivity (Wildman–Crippen MR) is 76.4 cm³/mol. The van der Waals surface area contributed by atoms with Gasteiger partial charge in [0, 0.05) is 11.6 Å². The van der Waals surface area contributed by atoms with Gasteiger partial charge in [-0.2, -0.15) is 0 Å². The quantitative estimate of drug-likeness (QED) is 0.919. The van der Waals surface area contributed by atoms with Crippen LogP contribution < -0.4 is 10.5 Å². The fraction of sp³-hybridized carbons (Fsp3) is 0.400. The Morgan fingerprint density at radius 1 is 1.32 bits per heavy atom. The lowest BCUT2D eigenvalue weighted by atomic mass is 10.1. The Labute approximate surface area is 113 Å². The Hall–Kier alpha value is -1.97. The molecule has 0 saturated heterocycles. The monoisotopic (exact) mass is 257 g/mol. The number of rotatable bonds is 3. The predicted octanol–water partition coefficient (Wildman–Crippen LogP) is 3.09. The maximum atomic E-state index is 6.27. The smallest absolute Gasteiger partial charge is 0.131 e. The average Bonchev–Trinajstić information content (AvgIpc) is 3.16. The van der Waals surface area contributed by atoms with Crippen LogP contribution in [-0.4, -0.2) is 16.7 Å². The number of anilines is 1. The average molecular weight is 257 g/mol. The van der Waals surface area contributed by atoms with Crippen molar-refractivity contribution in [3.05, 3.63) is 29.6 Å². The molecule has 0 bridgehead atoms.